The third-order valence-corrected chi connectivity index (χ3v) is 0.694. The fraction of sp³-hybridized carbons (Fsp3) is 0.500. The van der Waals surface area contributed by atoms with Crippen LogP contribution in [0.15, 0.2) is 0 Å². The molecule has 0 spiro atoms. The normalized spacial score (nSPS) is 12.1. The highest BCUT2D eigenvalue weighted by molar-refractivity contribution is 5.81. The van der Waals surface area contributed by atoms with E-state index in [-0.39, 0.29) is 0 Å². The molecule has 2 amide bonds. The predicted octanol–water partition coefficient (Wildman–Crippen LogP) is -1.04. The predicted molar refractivity (Wildman–Crippen MR) is 29.3 cm³/mol. The molecule has 0 aromatic rings. The summed E-state index contributed by atoms with van der Waals surface area (Å²) in [5.74, 6) is -0.714. The molecule has 0 aromatic heterocycles. The van der Waals surface area contributed by atoms with Crippen LogP contribution in [-0.2, 0) is 9.53 Å². The summed E-state index contributed by atoms with van der Waals surface area (Å²) < 4.78 is 4.18. The van der Waals surface area contributed by atoms with E-state index in [0.29, 0.717) is 0 Å². The van der Waals surface area contributed by atoms with Crippen LogP contribution in [0.2, 0.25) is 0 Å². The Hall–Kier alpha value is -1.26. The highest BCUT2D eigenvalue weighted by Gasteiger charge is 2.10. The van der Waals surface area contributed by atoms with Crippen LogP contribution in [0.4, 0.5) is 4.79 Å². The number of hydrogen-bond donors (Lipinski definition) is 2. The van der Waals surface area contributed by atoms with E-state index in [1.54, 1.807) is 0 Å². The quantitative estimate of drug-likeness (QED) is 0.502. The van der Waals surface area contributed by atoms with Gasteiger partial charge in [-0.1, -0.05) is 0 Å². The molecule has 9 heavy (non-hydrogen) atoms. The van der Waals surface area contributed by atoms with Crippen LogP contribution >= 0.6 is 0 Å². The van der Waals surface area contributed by atoms with Crippen LogP contribution in [-0.4, -0.2) is 18.1 Å². The van der Waals surface area contributed by atoms with E-state index >= 15 is 0 Å². The molecule has 0 unspecified atom stereocenters. The molecule has 52 valence electrons. The monoisotopic (exact) mass is 132 g/mol. The molecular formula is C4H8N2O3. The van der Waals surface area contributed by atoms with Crippen molar-refractivity contribution >= 4 is 12.0 Å². The van der Waals surface area contributed by atoms with Crippen molar-refractivity contribution in [2.75, 3.05) is 0 Å². The molecule has 0 rings (SSSR count). The first-order valence-electron chi connectivity index (χ1n) is 2.29. The van der Waals surface area contributed by atoms with E-state index in [1.807, 2.05) is 0 Å². The minimum atomic E-state index is -0.999. The maximum Gasteiger partial charge on any atom is 0.405 e. The molecule has 5 nitrogen and oxygen atoms in total. The Balaban J connectivity index is 3.63. The topological polar surface area (TPSA) is 95.4 Å². The van der Waals surface area contributed by atoms with Crippen molar-refractivity contribution in [3.8, 4) is 0 Å². The first-order chi connectivity index (χ1) is 4.04. The molecule has 0 saturated carbocycles. The number of ether oxygens (including phenoxy) is 1. The van der Waals surface area contributed by atoms with Crippen molar-refractivity contribution in [1.29, 1.82) is 0 Å². The van der Waals surface area contributed by atoms with Crippen molar-refractivity contribution < 1.29 is 14.3 Å². The van der Waals surface area contributed by atoms with Crippen LogP contribution in [0.25, 0.3) is 0 Å². The number of hydrogen-bond acceptors (Lipinski definition) is 3. The van der Waals surface area contributed by atoms with Crippen LogP contribution in [0, 0.1) is 0 Å². The van der Waals surface area contributed by atoms with Gasteiger partial charge in [0, 0.05) is 0 Å². The number of carbonyl (C=O) groups is 2. The maximum absolute atomic E-state index is 10.1. The van der Waals surface area contributed by atoms with Gasteiger partial charge in [0.2, 0.25) is 0 Å². The molecule has 0 heterocycles. The Labute approximate surface area is 52.0 Å². The second kappa shape index (κ2) is 2.91. The number of primary amides is 2. The summed E-state index contributed by atoms with van der Waals surface area (Å²) in [6, 6.07) is 0. The van der Waals surface area contributed by atoms with Gasteiger partial charge in [-0.2, -0.15) is 0 Å². The second-order valence-electron chi connectivity index (χ2n) is 1.48. The smallest absolute Gasteiger partial charge is 0.405 e. The van der Waals surface area contributed by atoms with Gasteiger partial charge in [0.25, 0.3) is 5.91 Å². The Morgan fingerprint density at radius 3 is 2.00 bits per heavy atom. The molecule has 0 fully saturated rings. The van der Waals surface area contributed by atoms with E-state index in [2.05, 4.69) is 10.5 Å². The van der Waals surface area contributed by atoms with Crippen molar-refractivity contribution in [2.45, 2.75) is 13.0 Å². The Kier molecular flexibility index (Phi) is 2.50. The number of nitrogens with two attached hydrogens (primary N) is 2. The fourth-order valence-corrected chi connectivity index (χ4v) is 0.232. The van der Waals surface area contributed by atoms with Gasteiger partial charge in [0.05, 0.1) is 0 Å². The first kappa shape index (κ1) is 7.74. The molecule has 0 aliphatic rings. The van der Waals surface area contributed by atoms with Gasteiger partial charge in [-0.05, 0) is 6.92 Å². The Morgan fingerprint density at radius 2 is 1.89 bits per heavy atom. The van der Waals surface area contributed by atoms with E-state index in [4.69, 9.17) is 5.73 Å². The van der Waals surface area contributed by atoms with E-state index < -0.39 is 18.1 Å². The van der Waals surface area contributed by atoms with Crippen molar-refractivity contribution in [3.05, 3.63) is 0 Å². The fourth-order valence-electron chi connectivity index (χ4n) is 0.232. The van der Waals surface area contributed by atoms with Crippen molar-refractivity contribution in [2.24, 2.45) is 11.5 Å². The van der Waals surface area contributed by atoms with Crippen LogP contribution in [0.3, 0.4) is 0 Å². The molecule has 1 atom stereocenters. The molecule has 0 aromatic carbocycles. The third kappa shape index (κ3) is 3.33. The molecule has 0 aliphatic carbocycles. The minimum Gasteiger partial charge on any atom is -0.437 e. The summed E-state index contributed by atoms with van der Waals surface area (Å²) in [6.07, 6.45) is -1.94. The third-order valence-electron chi connectivity index (χ3n) is 0.694. The summed E-state index contributed by atoms with van der Waals surface area (Å²) in [6.45, 7) is 1.34. The van der Waals surface area contributed by atoms with E-state index in [9.17, 15) is 9.59 Å². The molecule has 0 saturated heterocycles. The average Bonchev–Trinajstić information content (AvgIpc) is 1.63. The molecule has 0 aliphatic heterocycles. The van der Waals surface area contributed by atoms with Crippen LogP contribution < -0.4 is 11.5 Å². The summed E-state index contributed by atoms with van der Waals surface area (Å²) in [5.41, 5.74) is 9.27. The Morgan fingerprint density at radius 1 is 1.44 bits per heavy atom. The zero-order valence-electron chi connectivity index (χ0n) is 4.96. The molecule has 0 radical (unpaired) electrons. The van der Waals surface area contributed by atoms with Gasteiger partial charge in [-0.3, -0.25) is 4.79 Å². The van der Waals surface area contributed by atoms with Crippen LogP contribution in [0.1, 0.15) is 6.92 Å². The number of amides is 2. The van der Waals surface area contributed by atoms with Gasteiger partial charge in [-0.25, -0.2) is 4.79 Å². The Bertz CT molecular complexity index is 134. The van der Waals surface area contributed by atoms with Crippen LogP contribution in [0.5, 0.6) is 0 Å². The average molecular weight is 132 g/mol. The SMILES string of the molecule is C[C@@H](OC(N)=O)C(N)=O. The zero-order valence-corrected chi connectivity index (χ0v) is 4.96. The molecule has 4 N–H and O–H groups in total. The summed E-state index contributed by atoms with van der Waals surface area (Å²) in [4.78, 5) is 20.0. The maximum atomic E-state index is 10.1. The summed E-state index contributed by atoms with van der Waals surface area (Å²) in [7, 11) is 0. The van der Waals surface area contributed by atoms with E-state index in [0.717, 1.165) is 0 Å². The molecule has 0 bridgehead atoms. The van der Waals surface area contributed by atoms with Gasteiger partial charge >= 0.3 is 6.09 Å². The number of rotatable bonds is 2. The molecular weight excluding hydrogens is 124 g/mol. The van der Waals surface area contributed by atoms with Gasteiger partial charge < -0.3 is 16.2 Å². The largest absolute Gasteiger partial charge is 0.437 e. The highest BCUT2D eigenvalue weighted by Crippen LogP contribution is 1.86. The lowest BCUT2D eigenvalue weighted by molar-refractivity contribution is -0.125. The van der Waals surface area contributed by atoms with Gasteiger partial charge in [-0.15, -0.1) is 0 Å². The van der Waals surface area contributed by atoms with Gasteiger partial charge in [0.15, 0.2) is 6.10 Å². The van der Waals surface area contributed by atoms with E-state index in [1.165, 1.54) is 6.92 Å². The second-order valence-corrected chi connectivity index (χ2v) is 1.48. The standard InChI is InChI=1S/C4H8N2O3/c1-2(3(5)7)9-4(6)8/h2H,1H3,(H2,5,7)(H2,6,8)/t2-/m1/s1. The highest BCUT2D eigenvalue weighted by atomic mass is 16.6. The lowest BCUT2D eigenvalue weighted by Crippen LogP contribution is -2.32. The zero-order chi connectivity index (χ0) is 7.44. The molecule has 5 heteroatoms. The number of carbonyl (C=O) groups excluding carboxylic acids is 2. The lowest BCUT2D eigenvalue weighted by Gasteiger charge is -2.04. The summed E-state index contributed by atoms with van der Waals surface area (Å²) in [5, 5.41) is 0. The first-order valence-corrected chi connectivity index (χ1v) is 2.29. The lowest BCUT2D eigenvalue weighted by atomic mass is 10.4. The minimum absolute atomic E-state index is 0.714. The van der Waals surface area contributed by atoms with Gasteiger partial charge in [0.1, 0.15) is 0 Å². The summed E-state index contributed by atoms with van der Waals surface area (Å²) >= 11 is 0. The van der Waals surface area contributed by atoms with Crippen molar-refractivity contribution in [3.63, 3.8) is 0 Å². The van der Waals surface area contributed by atoms with Crippen molar-refractivity contribution in [1.82, 2.24) is 0 Å².